The van der Waals surface area contributed by atoms with Crippen LogP contribution in [0.3, 0.4) is 0 Å². The van der Waals surface area contributed by atoms with Gasteiger partial charge >= 0.3 is 6.01 Å². The largest absolute Gasteiger partial charge is 0.407 e. The number of hydrogen-bond donors (Lipinski definition) is 1. The lowest BCUT2D eigenvalue weighted by Gasteiger charge is -2.01. The molecule has 2 aromatic carbocycles. The number of nitrogens with one attached hydrogen (secondary N) is 1. The highest BCUT2D eigenvalue weighted by molar-refractivity contribution is 7.90. The molecule has 27 heavy (non-hydrogen) atoms. The van der Waals surface area contributed by atoms with Gasteiger partial charge in [-0.15, -0.1) is 5.10 Å². The highest BCUT2D eigenvalue weighted by atomic mass is 32.2. The summed E-state index contributed by atoms with van der Waals surface area (Å²) < 4.78 is 29.7. The standard InChI is InChI=1S/C16H12N4O6S/c21-15(11-5-4-6-12(9-11)20(22)23)17-16-19-18-14(26-16)10-27(24,25)13-7-2-1-3-8-13/h1-9H,10H2,(H,17,19,21). The summed E-state index contributed by atoms with van der Waals surface area (Å²) in [5.41, 5.74) is -0.233. The molecular formula is C16H12N4O6S. The van der Waals surface area contributed by atoms with Crippen LogP contribution in [0.5, 0.6) is 0 Å². The summed E-state index contributed by atoms with van der Waals surface area (Å²) in [5.74, 6) is -1.44. The number of nitro groups is 1. The number of anilines is 1. The van der Waals surface area contributed by atoms with Gasteiger partial charge in [0.2, 0.25) is 5.89 Å². The molecule has 0 radical (unpaired) electrons. The van der Waals surface area contributed by atoms with Crippen molar-refractivity contribution in [3.63, 3.8) is 0 Å². The summed E-state index contributed by atoms with van der Waals surface area (Å²) in [6.07, 6.45) is 0. The number of benzene rings is 2. The maximum atomic E-state index is 12.3. The van der Waals surface area contributed by atoms with Crippen LogP contribution in [0.25, 0.3) is 0 Å². The van der Waals surface area contributed by atoms with E-state index in [1.807, 2.05) is 0 Å². The molecular weight excluding hydrogens is 376 g/mol. The molecule has 0 spiro atoms. The monoisotopic (exact) mass is 388 g/mol. The Morgan fingerprint density at radius 2 is 1.85 bits per heavy atom. The first-order valence-electron chi connectivity index (χ1n) is 7.51. The normalized spacial score (nSPS) is 11.1. The van der Waals surface area contributed by atoms with Gasteiger partial charge in [0.15, 0.2) is 9.84 Å². The second kappa shape index (κ2) is 7.33. The van der Waals surface area contributed by atoms with E-state index in [-0.39, 0.29) is 28.1 Å². The van der Waals surface area contributed by atoms with E-state index in [1.165, 1.54) is 30.3 Å². The molecule has 1 amide bonds. The molecule has 0 aliphatic rings. The molecule has 0 atom stereocenters. The van der Waals surface area contributed by atoms with E-state index in [2.05, 4.69) is 15.5 Å². The SMILES string of the molecule is O=C(Nc1nnc(CS(=O)(=O)c2ccccc2)o1)c1cccc([N+](=O)[O-])c1. The molecule has 0 fully saturated rings. The van der Waals surface area contributed by atoms with Crippen LogP contribution in [0.15, 0.2) is 63.9 Å². The molecule has 138 valence electrons. The number of sulfone groups is 1. The first kappa shape index (κ1) is 18.2. The van der Waals surface area contributed by atoms with Crippen molar-refractivity contribution in [3.05, 3.63) is 76.2 Å². The Morgan fingerprint density at radius 3 is 2.56 bits per heavy atom. The fourth-order valence-corrected chi connectivity index (χ4v) is 3.35. The highest BCUT2D eigenvalue weighted by Crippen LogP contribution is 2.18. The molecule has 1 heterocycles. The Kier molecular flexibility index (Phi) is 4.94. The number of aromatic nitrogens is 2. The van der Waals surface area contributed by atoms with Gasteiger partial charge in [0.1, 0.15) is 5.75 Å². The number of carbonyl (C=O) groups excluding carboxylic acids is 1. The second-order valence-electron chi connectivity index (χ2n) is 5.33. The number of nitrogens with zero attached hydrogens (tertiary/aromatic N) is 3. The van der Waals surface area contributed by atoms with E-state index in [1.54, 1.807) is 18.2 Å². The third-order valence-corrected chi connectivity index (χ3v) is 5.04. The Bertz CT molecular complexity index is 1090. The van der Waals surface area contributed by atoms with Crippen molar-refractivity contribution in [3.8, 4) is 0 Å². The van der Waals surface area contributed by atoms with Gasteiger partial charge in [-0.2, -0.15) is 0 Å². The minimum atomic E-state index is -3.68. The molecule has 3 rings (SSSR count). The molecule has 1 aromatic heterocycles. The first-order chi connectivity index (χ1) is 12.8. The molecule has 0 aliphatic carbocycles. The van der Waals surface area contributed by atoms with Gasteiger partial charge in [-0.1, -0.05) is 29.4 Å². The number of nitro benzene ring substituents is 1. The van der Waals surface area contributed by atoms with Gasteiger partial charge in [0, 0.05) is 17.7 Å². The van der Waals surface area contributed by atoms with Crippen molar-refractivity contribution in [2.75, 3.05) is 5.32 Å². The summed E-state index contributed by atoms with van der Waals surface area (Å²) in [4.78, 5) is 22.4. The van der Waals surface area contributed by atoms with E-state index in [4.69, 9.17) is 4.42 Å². The molecule has 10 nitrogen and oxygen atoms in total. The Morgan fingerprint density at radius 1 is 1.11 bits per heavy atom. The van der Waals surface area contributed by atoms with Gasteiger partial charge in [-0.3, -0.25) is 20.2 Å². The van der Waals surface area contributed by atoms with Gasteiger partial charge < -0.3 is 4.42 Å². The minimum absolute atomic E-state index is 0.0147. The molecule has 1 N–H and O–H groups in total. The van der Waals surface area contributed by atoms with E-state index in [9.17, 15) is 23.3 Å². The van der Waals surface area contributed by atoms with Crippen LogP contribution >= 0.6 is 0 Å². The van der Waals surface area contributed by atoms with Crippen LogP contribution in [0.1, 0.15) is 16.2 Å². The van der Waals surface area contributed by atoms with Crippen molar-refractivity contribution in [2.24, 2.45) is 0 Å². The summed E-state index contributed by atoms with van der Waals surface area (Å²) >= 11 is 0. The highest BCUT2D eigenvalue weighted by Gasteiger charge is 2.20. The van der Waals surface area contributed by atoms with Gasteiger partial charge in [-0.05, 0) is 18.2 Å². The Balaban J connectivity index is 1.72. The zero-order valence-corrected chi connectivity index (χ0v) is 14.4. The van der Waals surface area contributed by atoms with Gasteiger partial charge in [0.05, 0.1) is 9.82 Å². The van der Waals surface area contributed by atoms with E-state index >= 15 is 0 Å². The number of non-ortho nitro benzene ring substituents is 1. The fourth-order valence-electron chi connectivity index (χ4n) is 2.17. The third-order valence-electron chi connectivity index (χ3n) is 3.42. The van der Waals surface area contributed by atoms with Crippen molar-refractivity contribution in [1.82, 2.24) is 10.2 Å². The number of hydrogen-bond acceptors (Lipinski definition) is 8. The van der Waals surface area contributed by atoms with Crippen molar-refractivity contribution < 1.29 is 22.6 Å². The molecule has 0 unspecified atom stereocenters. The van der Waals surface area contributed by atoms with Crippen LogP contribution < -0.4 is 5.32 Å². The topological polar surface area (TPSA) is 145 Å². The fraction of sp³-hybridized carbons (Fsp3) is 0.0625. The predicted molar refractivity (Wildman–Crippen MR) is 92.7 cm³/mol. The first-order valence-corrected chi connectivity index (χ1v) is 9.16. The zero-order chi connectivity index (χ0) is 19.4. The molecule has 11 heteroatoms. The average Bonchev–Trinajstić information content (AvgIpc) is 3.08. The van der Waals surface area contributed by atoms with E-state index in [0.29, 0.717) is 0 Å². The quantitative estimate of drug-likeness (QED) is 0.499. The number of amides is 1. The molecule has 0 aliphatic heterocycles. The Labute approximate surface area is 152 Å². The van der Waals surface area contributed by atoms with E-state index in [0.717, 1.165) is 6.07 Å². The smallest absolute Gasteiger partial charge is 0.322 e. The lowest BCUT2D eigenvalue weighted by Crippen LogP contribution is -2.12. The van der Waals surface area contributed by atoms with Crippen LogP contribution in [-0.2, 0) is 15.6 Å². The van der Waals surface area contributed by atoms with Crippen LogP contribution in [0, 0.1) is 10.1 Å². The van der Waals surface area contributed by atoms with Crippen molar-refractivity contribution in [2.45, 2.75) is 10.6 Å². The van der Waals surface area contributed by atoms with E-state index < -0.39 is 26.4 Å². The van der Waals surface area contributed by atoms with Gasteiger partial charge in [-0.25, -0.2) is 8.42 Å². The molecule has 0 bridgehead atoms. The molecule has 0 saturated heterocycles. The molecule has 0 saturated carbocycles. The lowest BCUT2D eigenvalue weighted by atomic mass is 10.2. The zero-order valence-electron chi connectivity index (χ0n) is 13.6. The average molecular weight is 388 g/mol. The minimum Gasteiger partial charge on any atom is -0.407 e. The molecule has 3 aromatic rings. The summed E-state index contributed by atoms with van der Waals surface area (Å²) in [6.45, 7) is 0. The van der Waals surface area contributed by atoms with Gasteiger partial charge in [0.25, 0.3) is 11.6 Å². The van der Waals surface area contributed by atoms with Crippen LogP contribution in [0.4, 0.5) is 11.7 Å². The third kappa shape index (κ3) is 4.33. The number of rotatable bonds is 6. The van der Waals surface area contributed by atoms with Crippen molar-refractivity contribution >= 4 is 27.4 Å². The van der Waals surface area contributed by atoms with Crippen molar-refractivity contribution in [1.29, 1.82) is 0 Å². The van der Waals surface area contributed by atoms with Crippen LogP contribution in [-0.4, -0.2) is 29.4 Å². The maximum absolute atomic E-state index is 12.3. The Hall–Kier alpha value is -3.60. The summed E-state index contributed by atoms with van der Waals surface area (Å²) in [7, 11) is -3.68. The maximum Gasteiger partial charge on any atom is 0.322 e. The summed E-state index contributed by atoms with van der Waals surface area (Å²) in [6, 6.07) is 12.5. The number of carbonyl (C=O) groups is 1. The summed E-state index contributed by atoms with van der Waals surface area (Å²) in [5, 5.41) is 20.2. The lowest BCUT2D eigenvalue weighted by molar-refractivity contribution is -0.384. The predicted octanol–water partition coefficient (Wildman–Crippen LogP) is 2.20. The van der Waals surface area contributed by atoms with Crippen LogP contribution in [0.2, 0.25) is 0 Å². The second-order valence-corrected chi connectivity index (χ2v) is 7.32.